The van der Waals surface area contributed by atoms with E-state index in [1.54, 1.807) is 23.1 Å². The number of likely N-dealkylation sites (tertiary alicyclic amines) is 1. The van der Waals surface area contributed by atoms with Crippen molar-refractivity contribution in [3.63, 3.8) is 0 Å². The van der Waals surface area contributed by atoms with E-state index in [1.165, 1.54) is 13.2 Å². The van der Waals surface area contributed by atoms with E-state index < -0.39 is 11.9 Å². The van der Waals surface area contributed by atoms with Gasteiger partial charge in [0.1, 0.15) is 0 Å². The van der Waals surface area contributed by atoms with Gasteiger partial charge < -0.3 is 19.5 Å². The molecule has 25 heavy (non-hydrogen) atoms. The van der Waals surface area contributed by atoms with Crippen LogP contribution in [0.4, 0.5) is 0 Å². The standard InChI is InChI=1S/C18H22ClNO5/c1-3-25-15-10-12(9-14(19)17(15)24-2)6-7-16(21)20-8-4-5-13(11-20)18(22)23/h6-7,9-10,13H,3-5,8,11H2,1-2H3,(H,22,23)/b7-6+. The molecule has 0 spiro atoms. The fraction of sp³-hybridized carbons (Fsp3) is 0.444. The zero-order valence-corrected chi connectivity index (χ0v) is 15.1. The van der Waals surface area contributed by atoms with E-state index in [9.17, 15) is 9.59 Å². The Kier molecular flexibility index (Phi) is 6.70. The number of methoxy groups -OCH3 is 1. The molecule has 1 fully saturated rings. The number of nitrogens with zero attached hydrogens (tertiary/aromatic N) is 1. The maximum Gasteiger partial charge on any atom is 0.308 e. The SMILES string of the molecule is CCOc1cc(/C=C/C(=O)N2CCCC(C(=O)O)C2)cc(Cl)c1OC. The van der Waals surface area contributed by atoms with Crippen LogP contribution < -0.4 is 9.47 Å². The number of carbonyl (C=O) groups excluding carboxylic acids is 1. The summed E-state index contributed by atoms with van der Waals surface area (Å²) in [4.78, 5) is 25.0. The second-order valence-electron chi connectivity index (χ2n) is 5.76. The van der Waals surface area contributed by atoms with Gasteiger partial charge in [-0.15, -0.1) is 0 Å². The largest absolute Gasteiger partial charge is 0.491 e. The molecule has 7 heteroatoms. The zero-order chi connectivity index (χ0) is 18.4. The summed E-state index contributed by atoms with van der Waals surface area (Å²) < 4.78 is 10.7. The minimum Gasteiger partial charge on any atom is -0.491 e. The molecule has 1 unspecified atom stereocenters. The highest BCUT2D eigenvalue weighted by molar-refractivity contribution is 6.32. The van der Waals surface area contributed by atoms with Crippen LogP contribution in [-0.2, 0) is 9.59 Å². The van der Waals surface area contributed by atoms with Gasteiger partial charge in [0.2, 0.25) is 5.91 Å². The highest BCUT2D eigenvalue weighted by Crippen LogP contribution is 2.36. The van der Waals surface area contributed by atoms with E-state index in [1.807, 2.05) is 6.92 Å². The molecule has 1 aromatic rings. The van der Waals surface area contributed by atoms with E-state index in [-0.39, 0.29) is 12.5 Å². The van der Waals surface area contributed by atoms with Crippen molar-refractivity contribution < 1.29 is 24.2 Å². The molecule has 0 saturated carbocycles. The summed E-state index contributed by atoms with van der Waals surface area (Å²) in [6.45, 7) is 3.13. The van der Waals surface area contributed by atoms with Crippen LogP contribution >= 0.6 is 11.6 Å². The molecular formula is C18H22ClNO5. The molecule has 0 radical (unpaired) electrons. The van der Waals surface area contributed by atoms with Crippen molar-refractivity contribution in [2.24, 2.45) is 5.92 Å². The third-order valence-corrected chi connectivity index (χ3v) is 4.32. The summed E-state index contributed by atoms with van der Waals surface area (Å²) >= 11 is 6.19. The number of ether oxygens (including phenoxy) is 2. The lowest BCUT2D eigenvalue weighted by Gasteiger charge is -2.29. The Labute approximate surface area is 152 Å². The van der Waals surface area contributed by atoms with Crippen LogP contribution in [0.3, 0.4) is 0 Å². The molecule has 6 nitrogen and oxygen atoms in total. The number of hydrogen-bond acceptors (Lipinski definition) is 4. The molecule has 1 saturated heterocycles. The van der Waals surface area contributed by atoms with E-state index in [4.69, 9.17) is 26.2 Å². The first kappa shape index (κ1) is 19.1. The lowest BCUT2D eigenvalue weighted by molar-refractivity contribution is -0.144. The van der Waals surface area contributed by atoms with Crippen molar-refractivity contribution in [2.75, 3.05) is 26.8 Å². The Morgan fingerprint density at radius 2 is 2.20 bits per heavy atom. The third-order valence-electron chi connectivity index (χ3n) is 4.04. The average molecular weight is 368 g/mol. The molecule has 1 amide bonds. The van der Waals surface area contributed by atoms with Crippen molar-refractivity contribution in [1.29, 1.82) is 0 Å². The number of carbonyl (C=O) groups is 2. The van der Waals surface area contributed by atoms with Crippen molar-refractivity contribution in [3.05, 3.63) is 28.8 Å². The number of piperidine rings is 1. The first-order valence-electron chi connectivity index (χ1n) is 8.16. The first-order chi connectivity index (χ1) is 12.0. The van der Waals surface area contributed by atoms with Crippen LogP contribution in [-0.4, -0.2) is 48.7 Å². The maximum atomic E-state index is 12.3. The quantitative estimate of drug-likeness (QED) is 0.782. The van der Waals surface area contributed by atoms with Crippen LogP contribution in [0.25, 0.3) is 6.08 Å². The number of benzene rings is 1. The molecule has 1 atom stereocenters. The Balaban J connectivity index is 2.12. The van der Waals surface area contributed by atoms with Gasteiger partial charge in [0.25, 0.3) is 0 Å². The van der Waals surface area contributed by atoms with Crippen molar-refractivity contribution in [3.8, 4) is 11.5 Å². The number of aliphatic carboxylic acids is 1. The number of rotatable bonds is 6. The predicted octanol–water partition coefficient (Wildman–Crippen LogP) is 3.08. The Morgan fingerprint density at radius 1 is 1.44 bits per heavy atom. The number of carboxylic acid groups (broad SMARTS) is 1. The van der Waals surface area contributed by atoms with Crippen LogP contribution in [0.15, 0.2) is 18.2 Å². The van der Waals surface area contributed by atoms with Gasteiger partial charge in [-0.1, -0.05) is 11.6 Å². The zero-order valence-electron chi connectivity index (χ0n) is 14.3. The Hall–Kier alpha value is -2.21. The molecule has 1 aliphatic rings. The van der Waals surface area contributed by atoms with Gasteiger partial charge in [0.15, 0.2) is 11.5 Å². The second-order valence-corrected chi connectivity index (χ2v) is 6.17. The molecular weight excluding hydrogens is 346 g/mol. The van der Waals surface area contributed by atoms with Gasteiger partial charge in [-0.3, -0.25) is 9.59 Å². The Morgan fingerprint density at radius 3 is 2.84 bits per heavy atom. The highest BCUT2D eigenvalue weighted by atomic mass is 35.5. The van der Waals surface area contributed by atoms with Crippen LogP contribution in [0.5, 0.6) is 11.5 Å². The minimum atomic E-state index is -0.857. The second kappa shape index (κ2) is 8.76. The molecule has 0 aliphatic carbocycles. The van der Waals surface area contributed by atoms with Gasteiger partial charge in [-0.25, -0.2) is 0 Å². The van der Waals surface area contributed by atoms with E-state index in [0.29, 0.717) is 48.1 Å². The van der Waals surface area contributed by atoms with Gasteiger partial charge in [-0.05, 0) is 43.5 Å². The molecule has 1 heterocycles. The fourth-order valence-electron chi connectivity index (χ4n) is 2.80. The lowest BCUT2D eigenvalue weighted by atomic mass is 9.98. The maximum absolute atomic E-state index is 12.3. The number of halogens is 1. The summed E-state index contributed by atoms with van der Waals surface area (Å²) in [7, 11) is 1.51. The monoisotopic (exact) mass is 367 g/mol. The predicted molar refractivity (Wildman–Crippen MR) is 95.1 cm³/mol. The van der Waals surface area contributed by atoms with E-state index in [2.05, 4.69) is 0 Å². The molecule has 1 N–H and O–H groups in total. The van der Waals surface area contributed by atoms with Gasteiger partial charge in [-0.2, -0.15) is 0 Å². The van der Waals surface area contributed by atoms with Gasteiger partial charge >= 0.3 is 5.97 Å². The molecule has 136 valence electrons. The summed E-state index contributed by atoms with van der Waals surface area (Å²) in [5.41, 5.74) is 0.703. The van der Waals surface area contributed by atoms with Crippen molar-refractivity contribution in [1.82, 2.24) is 4.90 Å². The summed E-state index contributed by atoms with van der Waals surface area (Å²) in [6.07, 6.45) is 4.37. The van der Waals surface area contributed by atoms with E-state index >= 15 is 0 Å². The van der Waals surface area contributed by atoms with Crippen LogP contribution in [0, 0.1) is 5.92 Å². The minimum absolute atomic E-state index is 0.212. The summed E-state index contributed by atoms with van der Waals surface area (Å²) in [5, 5.41) is 9.50. The van der Waals surface area contributed by atoms with Gasteiger partial charge in [0.05, 0.1) is 24.7 Å². The van der Waals surface area contributed by atoms with Crippen molar-refractivity contribution >= 4 is 29.6 Å². The normalized spacial score (nSPS) is 17.6. The topological polar surface area (TPSA) is 76.1 Å². The third kappa shape index (κ3) is 4.89. The van der Waals surface area contributed by atoms with Gasteiger partial charge in [0, 0.05) is 19.2 Å². The summed E-state index contributed by atoms with van der Waals surface area (Å²) in [6, 6.07) is 3.43. The highest BCUT2D eigenvalue weighted by Gasteiger charge is 2.27. The number of carboxylic acids is 1. The van der Waals surface area contributed by atoms with E-state index in [0.717, 1.165) is 0 Å². The number of amides is 1. The summed E-state index contributed by atoms with van der Waals surface area (Å²) in [5.74, 6) is -0.604. The van der Waals surface area contributed by atoms with Crippen molar-refractivity contribution in [2.45, 2.75) is 19.8 Å². The lowest BCUT2D eigenvalue weighted by Crippen LogP contribution is -2.41. The van der Waals surface area contributed by atoms with Crippen LogP contribution in [0.2, 0.25) is 5.02 Å². The Bertz CT molecular complexity index is 674. The molecule has 0 bridgehead atoms. The number of hydrogen-bond donors (Lipinski definition) is 1. The fourth-order valence-corrected chi connectivity index (χ4v) is 3.09. The average Bonchev–Trinajstić information content (AvgIpc) is 2.60. The molecule has 0 aromatic heterocycles. The smallest absolute Gasteiger partial charge is 0.308 e. The van der Waals surface area contributed by atoms with Crippen LogP contribution in [0.1, 0.15) is 25.3 Å². The molecule has 1 aliphatic heterocycles. The molecule has 1 aromatic carbocycles. The molecule has 2 rings (SSSR count). The first-order valence-corrected chi connectivity index (χ1v) is 8.54.